The monoisotopic (exact) mass is 347 g/mol. The number of carboxylic acid groups (broad SMARTS) is 1. The Balaban J connectivity index is 1.59. The molecule has 1 aromatic rings. The molecule has 2 saturated heterocycles. The average Bonchev–Trinajstić information content (AvgIpc) is 3.11. The van der Waals surface area contributed by atoms with E-state index in [9.17, 15) is 14.4 Å². The third-order valence-corrected chi connectivity index (χ3v) is 5.02. The zero-order valence-corrected chi connectivity index (χ0v) is 13.8. The first-order valence-corrected chi connectivity index (χ1v) is 8.37. The minimum Gasteiger partial charge on any atom is -0.477 e. The van der Waals surface area contributed by atoms with Gasteiger partial charge in [-0.1, -0.05) is 0 Å². The lowest BCUT2D eigenvalue weighted by atomic mass is 9.84. The quantitative estimate of drug-likeness (QED) is 0.819. The van der Waals surface area contributed by atoms with E-state index in [1.165, 1.54) is 18.3 Å². The number of primary amides is 1. The van der Waals surface area contributed by atoms with Crippen LogP contribution in [0, 0.1) is 11.8 Å². The number of nitrogens with zero attached hydrogens (tertiary/aromatic N) is 2. The maximum atomic E-state index is 12.5. The summed E-state index contributed by atoms with van der Waals surface area (Å²) in [5, 5.41) is 8.85. The topological polar surface area (TPSA) is 123 Å². The number of likely N-dealkylation sites (tertiary alicyclic amines) is 1. The van der Waals surface area contributed by atoms with Crippen LogP contribution in [0.15, 0.2) is 18.3 Å². The summed E-state index contributed by atoms with van der Waals surface area (Å²) in [6.07, 6.45) is 3.31. The third-order valence-electron chi connectivity index (χ3n) is 5.02. The molecule has 2 atom stereocenters. The van der Waals surface area contributed by atoms with Crippen molar-refractivity contribution < 1.29 is 24.2 Å². The number of hydrogen-bond donors (Lipinski definition) is 2. The number of ether oxygens (including phenoxy) is 1. The lowest BCUT2D eigenvalue weighted by Gasteiger charge is -2.35. The van der Waals surface area contributed by atoms with E-state index in [0.29, 0.717) is 31.7 Å². The molecule has 3 rings (SSSR count). The van der Waals surface area contributed by atoms with Gasteiger partial charge in [-0.3, -0.25) is 9.59 Å². The number of aromatic nitrogens is 1. The highest BCUT2D eigenvalue weighted by Crippen LogP contribution is 2.33. The van der Waals surface area contributed by atoms with Crippen LogP contribution in [0.2, 0.25) is 0 Å². The van der Waals surface area contributed by atoms with Gasteiger partial charge in [-0.25, -0.2) is 9.78 Å². The number of nitrogens with two attached hydrogens (primary N) is 1. The van der Waals surface area contributed by atoms with E-state index >= 15 is 0 Å². The number of carbonyl (C=O) groups is 3. The molecule has 8 heteroatoms. The van der Waals surface area contributed by atoms with Crippen molar-refractivity contribution in [3.63, 3.8) is 0 Å². The van der Waals surface area contributed by atoms with E-state index in [1.807, 2.05) is 0 Å². The highest BCUT2D eigenvalue weighted by atomic mass is 16.5. The van der Waals surface area contributed by atoms with E-state index in [2.05, 4.69) is 4.98 Å². The van der Waals surface area contributed by atoms with Gasteiger partial charge < -0.3 is 20.5 Å². The summed E-state index contributed by atoms with van der Waals surface area (Å²) in [6, 6.07) is 2.81. The van der Waals surface area contributed by atoms with Crippen molar-refractivity contribution in [2.45, 2.75) is 25.4 Å². The van der Waals surface area contributed by atoms with Gasteiger partial charge in [-0.2, -0.15) is 0 Å². The van der Waals surface area contributed by atoms with Gasteiger partial charge in [0, 0.05) is 25.9 Å². The zero-order chi connectivity index (χ0) is 18.0. The number of aromatic carboxylic acids is 1. The number of hydrogen-bond acceptors (Lipinski definition) is 5. The minimum atomic E-state index is -1.12. The lowest BCUT2D eigenvalue weighted by Crippen LogP contribution is -2.44. The van der Waals surface area contributed by atoms with Gasteiger partial charge in [-0.05, 0) is 37.3 Å². The summed E-state index contributed by atoms with van der Waals surface area (Å²) < 4.78 is 5.71. The molecule has 1 aromatic heterocycles. The lowest BCUT2D eigenvalue weighted by molar-refractivity contribution is -0.124. The number of carbonyl (C=O) groups excluding carboxylic acids is 2. The van der Waals surface area contributed by atoms with Crippen molar-refractivity contribution in [2.24, 2.45) is 17.6 Å². The second-order valence-electron chi connectivity index (χ2n) is 6.50. The van der Waals surface area contributed by atoms with Crippen LogP contribution in [0.25, 0.3) is 0 Å². The number of piperidine rings is 1. The Bertz CT molecular complexity index is 667. The molecule has 0 aromatic carbocycles. The largest absolute Gasteiger partial charge is 0.477 e. The smallest absolute Gasteiger partial charge is 0.354 e. The van der Waals surface area contributed by atoms with E-state index < -0.39 is 5.97 Å². The zero-order valence-electron chi connectivity index (χ0n) is 13.8. The van der Waals surface area contributed by atoms with Crippen LogP contribution in [-0.4, -0.2) is 58.6 Å². The second kappa shape index (κ2) is 7.18. The second-order valence-corrected chi connectivity index (χ2v) is 6.50. The number of rotatable bonds is 4. The van der Waals surface area contributed by atoms with Gasteiger partial charge >= 0.3 is 5.97 Å². The Kier molecular flexibility index (Phi) is 4.98. The van der Waals surface area contributed by atoms with E-state index in [1.54, 1.807) is 4.90 Å². The van der Waals surface area contributed by atoms with Crippen LogP contribution in [-0.2, 0) is 9.53 Å². The van der Waals surface area contributed by atoms with Crippen LogP contribution in [0.3, 0.4) is 0 Å². The molecule has 0 saturated carbocycles. The van der Waals surface area contributed by atoms with E-state index in [-0.39, 0.29) is 35.4 Å². The van der Waals surface area contributed by atoms with Crippen LogP contribution in [0.1, 0.15) is 40.1 Å². The molecule has 2 aliphatic heterocycles. The summed E-state index contributed by atoms with van der Waals surface area (Å²) in [5.74, 6) is -1.62. The molecule has 0 aliphatic carbocycles. The summed E-state index contributed by atoms with van der Waals surface area (Å²) in [6.45, 7) is 1.68. The van der Waals surface area contributed by atoms with Gasteiger partial charge in [0.05, 0.1) is 17.6 Å². The van der Waals surface area contributed by atoms with Crippen molar-refractivity contribution >= 4 is 17.8 Å². The normalized spacial score (nSPS) is 24.2. The summed E-state index contributed by atoms with van der Waals surface area (Å²) >= 11 is 0. The van der Waals surface area contributed by atoms with Crippen molar-refractivity contribution in [1.29, 1.82) is 0 Å². The summed E-state index contributed by atoms with van der Waals surface area (Å²) in [7, 11) is 0. The molecule has 0 bridgehead atoms. The average molecular weight is 347 g/mol. The molecule has 134 valence electrons. The van der Waals surface area contributed by atoms with Gasteiger partial charge in [0.1, 0.15) is 5.69 Å². The molecule has 25 heavy (non-hydrogen) atoms. The Hall–Kier alpha value is -2.48. The van der Waals surface area contributed by atoms with Crippen molar-refractivity contribution in [3.8, 4) is 0 Å². The Morgan fingerprint density at radius 2 is 1.92 bits per heavy atom. The Labute approximate surface area is 145 Å². The highest BCUT2D eigenvalue weighted by molar-refractivity contribution is 5.95. The first kappa shape index (κ1) is 17.3. The van der Waals surface area contributed by atoms with Crippen LogP contribution in [0.5, 0.6) is 0 Å². The molecule has 3 N–H and O–H groups in total. The van der Waals surface area contributed by atoms with Gasteiger partial charge in [0.15, 0.2) is 0 Å². The fraction of sp³-hybridized carbons (Fsp3) is 0.529. The standard InChI is InChI=1S/C17H21N3O5/c18-15(21)12-5-8-25-14(12)10-3-6-20(7-4-10)16(22)11-1-2-13(17(23)24)19-9-11/h1-2,9-10,12,14H,3-8H2,(H2,18,21)(H,23,24)/t12-,14+/m0/s1. The number of amides is 2. The van der Waals surface area contributed by atoms with Crippen molar-refractivity contribution in [2.75, 3.05) is 19.7 Å². The predicted molar refractivity (Wildman–Crippen MR) is 86.9 cm³/mol. The summed E-state index contributed by atoms with van der Waals surface area (Å²) in [4.78, 5) is 40.4. The van der Waals surface area contributed by atoms with Gasteiger partial charge in [0.25, 0.3) is 5.91 Å². The van der Waals surface area contributed by atoms with E-state index in [0.717, 1.165) is 12.8 Å². The molecule has 2 amide bonds. The maximum absolute atomic E-state index is 12.5. The first-order chi connectivity index (χ1) is 12.0. The SMILES string of the molecule is NC(=O)[C@H]1CCO[C@@H]1C1CCN(C(=O)c2ccc(C(=O)O)nc2)CC1. The maximum Gasteiger partial charge on any atom is 0.354 e. The van der Waals surface area contributed by atoms with Crippen molar-refractivity contribution in [3.05, 3.63) is 29.6 Å². The molecule has 0 unspecified atom stereocenters. The molecule has 0 spiro atoms. The third kappa shape index (κ3) is 3.63. The predicted octanol–water partition coefficient (Wildman–Crippen LogP) is 0.522. The fourth-order valence-corrected chi connectivity index (χ4v) is 3.64. The highest BCUT2D eigenvalue weighted by Gasteiger charge is 2.39. The molecule has 2 fully saturated rings. The molecule has 0 radical (unpaired) electrons. The number of pyridine rings is 1. The number of carboxylic acids is 1. The first-order valence-electron chi connectivity index (χ1n) is 8.37. The van der Waals surface area contributed by atoms with Crippen LogP contribution in [0.4, 0.5) is 0 Å². The van der Waals surface area contributed by atoms with E-state index in [4.69, 9.17) is 15.6 Å². The fourth-order valence-electron chi connectivity index (χ4n) is 3.64. The Morgan fingerprint density at radius 1 is 1.20 bits per heavy atom. The minimum absolute atomic E-state index is 0.0915. The van der Waals surface area contributed by atoms with Gasteiger partial charge in [0.2, 0.25) is 5.91 Å². The summed E-state index contributed by atoms with van der Waals surface area (Å²) in [5.41, 5.74) is 5.73. The van der Waals surface area contributed by atoms with Gasteiger partial charge in [-0.15, -0.1) is 0 Å². The molecular weight excluding hydrogens is 326 g/mol. The molecule has 2 aliphatic rings. The molecular formula is C17H21N3O5. The van der Waals surface area contributed by atoms with Crippen LogP contribution >= 0.6 is 0 Å². The molecule has 8 nitrogen and oxygen atoms in total. The van der Waals surface area contributed by atoms with Crippen molar-refractivity contribution in [1.82, 2.24) is 9.88 Å². The molecule has 3 heterocycles. The Morgan fingerprint density at radius 3 is 2.48 bits per heavy atom. The van der Waals surface area contributed by atoms with Crippen LogP contribution < -0.4 is 5.73 Å².